The number of hydrogen-bond donors (Lipinski definition) is 1. The highest BCUT2D eigenvalue weighted by atomic mass is 16.6. The monoisotopic (exact) mass is 329 g/mol. The van der Waals surface area contributed by atoms with Crippen LogP contribution in [0.3, 0.4) is 0 Å². The summed E-state index contributed by atoms with van der Waals surface area (Å²) in [5, 5.41) is 3.79. The van der Waals surface area contributed by atoms with E-state index in [4.69, 9.17) is 4.74 Å². The third-order valence-corrected chi connectivity index (χ3v) is 6.16. The quantitative estimate of drug-likeness (QED) is 0.789. The van der Waals surface area contributed by atoms with Crippen LogP contribution in [-0.4, -0.2) is 23.2 Å². The molecule has 1 aromatic rings. The van der Waals surface area contributed by atoms with Crippen LogP contribution in [0.5, 0.6) is 0 Å². The zero-order valence-electron chi connectivity index (χ0n) is 16.1. The van der Waals surface area contributed by atoms with Crippen molar-refractivity contribution in [3.63, 3.8) is 0 Å². The maximum atomic E-state index is 13.4. The van der Waals surface area contributed by atoms with Crippen LogP contribution in [-0.2, 0) is 20.4 Å². The van der Waals surface area contributed by atoms with Crippen LogP contribution < -0.4 is 5.32 Å². The summed E-state index contributed by atoms with van der Waals surface area (Å²) in [6.45, 7) is 14.9. The van der Waals surface area contributed by atoms with E-state index >= 15 is 0 Å². The van der Waals surface area contributed by atoms with Gasteiger partial charge in [-0.1, -0.05) is 38.1 Å². The van der Waals surface area contributed by atoms with Crippen molar-refractivity contribution < 1.29 is 9.53 Å². The van der Waals surface area contributed by atoms with Gasteiger partial charge in [-0.05, 0) is 58.6 Å². The van der Waals surface area contributed by atoms with Gasteiger partial charge in [0, 0.05) is 17.0 Å². The van der Waals surface area contributed by atoms with Gasteiger partial charge in [-0.3, -0.25) is 4.79 Å². The highest BCUT2D eigenvalue weighted by Crippen LogP contribution is 2.56. The van der Waals surface area contributed by atoms with Crippen molar-refractivity contribution in [2.45, 2.75) is 89.3 Å². The number of nitrogens with one attached hydrogen (secondary N) is 1. The lowest BCUT2D eigenvalue weighted by Gasteiger charge is -2.60. The van der Waals surface area contributed by atoms with E-state index in [0.717, 1.165) is 18.4 Å². The molecule has 0 saturated carbocycles. The molecule has 3 nitrogen and oxygen atoms in total. The molecule has 2 bridgehead atoms. The summed E-state index contributed by atoms with van der Waals surface area (Å²) in [5.74, 6) is -0.0717. The number of benzene rings is 1. The first kappa shape index (κ1) is 17.5. The number of fused-ring (bicyclic) bond motifs is 4. The second-order valence-corrected chi connectivity index (χ2v) is 9.51. The number of hydrogen-bond acceptors (Lipinski definition) is 3. The van der Waals surface area contributed by atoms with Gasteiger partial charge in [0.05, 0.1) is 5.41 Å². The number of carbonyl (C=O) groups is 1. The average Bonchev–Trinajstić information content (AvgIpc) is 2.43. The van der Waals surface area contributed by atoms with Gasteiger partial charge in [0.2, 0.25) is 0 Å². The Morgan fingerprint density at radius 1 is 1.17 bits per heavy atom. The first-order valence-corrected chi connectivity index (χ1v) is 9.02. The molecule has 132 valence electrons. The Labute approximate surface area is 146 Å². The van der Waals surface area contributed by atoms with Crippen molar-refractivity contribution in [3.8, 4) is 0 Å². The van der Waals surface area contributed by atoms with Gasteiger partial charge >= 0.3 is 5.97 Å². The van der Waals surface area contributed by atoms with Crippen molar-refractivity contribution in [3.05, 3.63) is 35.4 Å². The molecule has 1 saturated heterocycles. The molecule has 0 amide bonds. The molecule has 1 aromatic carbocycles. The molecule has 0 aromatic heterocycles. The standard InChI is InChI=1S/C21H31NO2/c1-14-12-21(17(23)24-18(2,3)4)13-20(7,22-14)19(5,6)15-10-8-9-11-16(15)21/h8-11,14,22H,12-13H2,1-7H3. The molecule has 1 fully saturated rings. The summed E-state index contributed by atoms with van der Waals surface area (Å²) in [6, 6.07) is 8.72. The largest absolute Gasteiger partial charge is 0.459 e. The zero-order valence-corrected chi connectivity index (χ0v) is 16.1. The lowest BCUT2D eigenvalue weighted by molar-refractivity contribution is -0.167. The molecule has 0 spiro atoms. The molecule has 3 rings (SSSR count). The maximum absolute atomic E-state index is 13.4. The smallest absolute Gasteiger partial charge is 0.317 e. The van der Waals surface area contributed by atoms with Gasteiger partial charge in [0.15, 0.2) is 0 Å². The number of ether oxygens (including phenoxy) is 1. The number of rotatable bonds is 1. The Hall–Kier alpha value is -1.35. The van der Waals surface area contributed by atoms with Crippen LogP contribution >= 0.6 is 0 Å². The van der Waals surface area contributed by atoms with E-state index < -0.39 is 11.0 Å². The van der Waals surface area contributed by atoms with Gasteiger partial charge in [-0.25, -0.2) is 0 Å². The van der Waals surface area contributed by atoms with Gasteiger partial charge in [0.25, 0.3) is 0 Å². The van der Waals surface area contributed by atoms with Crippen LogP contribution in [0.25, 0.3) is 0 Å². The Morgan fingerprint density at radius 2 is 1.75 bits per heavy atom. The Kier molecular flexibility index (Phi) is 3.69. The van der Waals surface area contributed by atoms with Crippen LogP contribution in [0.2, 0.25) is 0 Å². The second-order valence-electron chi connectivity index (χ2n) is 9.51. The Morgan fingerprint density at radius 3 is 2.33 bits per heavy atom. The SMILES string of the molecule is CC1CC2(C(=O)OC(C)(C)C)CC(C)(N1)C(C)(C)c1ccccc12. The first-order chi connectivity index (χ1) is 10.9. The summed E-state index contributed by atoms with van der Waals surface area (Å²) >= 11 is 0. The third kappa shape index (κ3) is 2.40. The highest BCUT2D eigenvalue weighted by Gasteiger charge is 2.61. The molecule has 24 heavy (non-hydrogen) atoms. The minimum absolute atomic E-state index is 0.0518. The predicted octanol–water partition coefficient (Wildman–Crippen LogP) is 4.09. The molecule has 1 heterocycles. The second kappa shape index (κ2) is 5.08. The number of carbonyl (C=O) groups excluding carboxylic acids is 1. The van der Waals surface area contributed by atoms with Crippen molar-refractivity contribution >= 4 is 5.97 Å². The van der Waals surface area contributed by atoms with E-state index in [1.807, 2.05) is 20.8 Å². The van der Waals surface area contributed by atoms with Crippen LogP contribution in [0.1, 0.15) is 72.4 Å². The average molecular weight is 329 g/mol. The van der Waals surface area contributed by atoms with Crippen molar-refractivity contribution in [1.82, 2.24) is 5.32 Å². The maximum Gasteiger partial charge on any atom is 0.317 e. The van der Waals surface area contributed by atoms with Crippen molar-refractivity contribution in [2.24, 2.45) is 0 Å². The summed E-state index contributed by atoms with van der Waals surface area (Å²) in [4.78, 5) is 13.4. The Bertz CT molecular complexity index is 673. The zero-order chi connectivity index (χ0) is 18.0. The molecule has 1 N–H and O–H groups in total. The van der Waals surface area contributed by atoms with Crippen molar-refractivity contribution in [2.75, 3.05) is 0 Å². The van der Waals surface area contributed by atoms with E-state index in [9.17, 15) is 4.79 Å². The molecule has 3 atom stereocenters. The third-order valence-electron chi connectivity index (χ3n) is 6.16. The van der Waals surface area contributed by atoms with Crippen molar-refractivity contribution in [1.29, 1.82) is 0 Å². The van der Waals surface area contributed by atoms with E-state index in [2.05, 4.69) is 57.3 Å². The fourth-order valence-corrected chi connectivity index (χ4v) is 4.83. The summed E-state index contributed by atoms with van der Waals surface area (Å²) in [7, 11) is 0. The Balaban J connectivity index is 2.22. The fourth-order valence-electron chi connectivity index (χ4n) is 4.83. The minimum Gasteiger partial charge on any atom is -0.459 e. The predicted molar refractivity (Wildman–Crippen MR) is 97.2 cm³/mol. The van der Waals surface area contributed by atoms with Gasteiger partial charge in [0.1, 0.15) is 5.60 Å². The van der Waals surface area contributed by atoms with Gasteiger partial charge in [-0.2, -0.15) is 0 Å². The molecule has 3 unspecified atom stereocenters. The highest BCUT2D eigenvalue weighted by molar-refractivity contribution is 5.86. The molecule has 1 aliphatic carbocycles. The van der Waals surface area contributed by atoms with Crippen LogP contribution in [0.15, 0.2) is 24.3 Å². The molecular weight excluding hydrogens is 298 g/mol. The minimum atomic E-state index is -0.557. The molecule has 2 aliphatic rings. The summed E-state index contributed by atoms with van der Waals surface area (Å²) in [6.07, 6.45) is 1.56. The van der Waals surface area contributed by atoms with E-state index in [1.165, 1.54) is 5.56 Å². The van der Waals surface area contributed by atoms with Crippen LogP contribution in [0.4, 0.5) is 0 Å². The van der Waals surface area contributed by atoms with Crippen LogP contribution in [0, 0.1) is 0 Å². The van der Waals surface area contributed by atoms with Gasteiger partial charge in [-0.15, -0.1) is 0 Å². The topological polar surface area (TPSA) is 38.3 Å². The fraction of sp³-hybridized carbons (Fsp3) is 0.667. The number of piperidine rings is 1. The lowest BCUT2D eigenvalue weighted by Crippen LogP contribution is -2.70. The van der Waals surface area contributed by atoms with Gasteiger partial charge < -0.3 is 10.1 Å². The normalized spacial score (nSPS) is 34.4. The molecule has 1 aliphatic heterocycles. The number of esters is 1. The molecule has 3 heteroatoms. The molecule has 0 radical (unpaired) electrons. The molecular formula is C21H31NO2. The van der Waals surface area contributed by atoms with E-state index in [1.54, 1.807) is 0 Å². The summed E-state index contributed by atoms with van der Waals surface area (Å²) in [5.41, 5.74) is 1.20. The van der Waals surface area contributed by atoms with E-state index in [0.29, 0.717) is 0 Å². The first-order valence-electron chi connectivity index (χ1n) is 9.02. The lowest BCUT2D eigenvalue weighted by atomic mass is 9.50. The summed E-state index contributed by atoms with van der Waals surface area (Å²) < 4.78 is 5.91. The van der Waals surface area contributed by atoms with E-state index in [-0.39, 0.29) is 23.0 Å².